The molecule has 0 bridgehead atoms. The van der Waals surface area contributed by atoms with Gasteiger partial charge in [-0.2, -0.15) is 14.8 Å². The summed E-state index contributed by atoms with van der Waals surface area (Å²) in [6.45, 7) is 3.97. The average molecular weight is 382 g/mol. The molecule has 0 N–H and O–H groups in total. The van der Waals surface area contributed by atoms with Gasteiger partial charge in [0.1, 0.15) is 35.3 Å². The van der Waals surface area contributed by atoms with Crippen molar-refractivity contribution in [3.63, 3.8) is 0 Å². The van der Waals surface area contributed by atoms with Crippen LogP contribution in [0.25, 0.3) is 17.1 Å². The minimum atomic E-state index is -1.06. The number of nitrogens with zero attached hydrogens (tertiary/aromatic N) is 5. The van der Waals surface area contributed by atoms with E-state index in [1.807, 2.05) is 13.8 Å². The highest BCUT2D eigenvalue weighted by Gasteiger charge is 2.24. The van der Waals surface area contributed by atoms with Crippen molar-refractivity contribution in [2.24, 2.45) is 5.92 Å². The summed E-state index contributed by atoms with van der Waals surface area (Å²) < 4.78 is 43.2. The van der Waals surface area contributed by atoms with Crippen molar-refractivity contribution < 1.29 is 13.2 Å². The van der Waals surface area contributed by atoms with E-state index in [0.29, 0.717) is 24.2 Å². The summed E-state index contributed by atoms with van der Waals surface area (Å²) in [5, 5.41) is 3.80. The molecule has 2 aromatic heterocycles. The van der Waals surface area contributed by atoms with Crippen molar-refractivity contribution in [1.82, 2.24) is 24.7 Å². The van der Waals surface area contributed by atoms with Crippen LogP contribution in [0, 0.1) is 23.4 Å². The zero-order valence-corrected chi connectivity index (χ0v) is 14.8. The SMILES string of the molecule is CCC(C)Cc1nc(-n2cncn2)nc(Cl)c1-c1c(F)cc(F)cc1F. The summed E-state index contributed by atoms with van der Waals surface area (Å²) in [5.41, 5.74) is -0.0695. The molecule has 1 unspecified atom stereocenters. The van der Waals surface area contributed by atoms with Crippen LogP contribution in [0.1, 0.15) is 26.0 Å². The van der Waals surface area contributed by atoms with E-state index in [2.05, 4.69) is 20.1 Å². The molecular formula is C17H15ClF3N5. The molecule has 3 rings (SSSR count). The number of halogens is 4. The highest BCUT2D eigenvalue weighted by Crippen LogP contribution is 2.35. The van der Waals surface area contributed by atoms with Crippen LogP contribution in [0.4, 0.5) is 13.2 Å². The topological polar surface area (TPSA) is 56.5 Å². The molecule has 136 valence electrons. The van der Waals surface area contributed by atoms with Crippen molar-refractivity contribution in [2.45, 2.75) is 26.7 Å². The number of rotatable bonds is 5. The third kappa shape index (κ3) is 3.55. The van der Waals surface area contributed by atoms with Crippen LogP contribution >= 0.6 is 11.6 Å². The van der Waals surface area contributed by atoms with E-state index in [1.54, 1.807) is 0 Å². The van der Waals surface area contributed by atoms with E-state index in [-0.39, 0.29) is 22.6 Å². The summed E-state index contributed by atoms with van der Waals surface area (Å²) in [7, 11) is 0. The van der Waals surface area contributed by atoms with Gasteiger partial charge in [0.2, 0.25) is 0 Å². The summed E-state index contributed by atoms with van der Waals surface area (Å²) >= 11 is 6.26. The smallest absolute Gasteiger partial charge is 0.223 e. The molecule has 0 saturated heterocycles. The monoisotopic (exact) mass is 381 g/mol. The molecule has 0 radical (unpaired) electrons. The number of hydrogen-bond acceptors (Lipinski definition) is 4. The van der Waals surface area contributed by atoms with Crippen LogP contribution in [-0.4, -0.2) is 24.7 Å². The Morgan fingerprint density at radius 3 is 2.38 bits per heavy atom. The maximum Gasteiger partial charge on any atom is 0.253 e. The second kappa shape index (κ2) is 7.41. The van der Waals surface area contributed by atoms with E-state index < -0.39 is 23.0 Å². The lowest BCUT2D eigenvalue weighted by Crippen LogP contribution is -2.11. The lowest BCUT2D eigenvalue weighted by molar-refractivity contribution is 0.541. The first kappa shape index (κ1) is 18.3. The summed E-state index contributed by atoms with van der Waals surface area (Å²) in [6, 6.07) is 1.21. The van der Waals surface area contributed by atoms with Gasteiger partial charge in [-0.15, -0.1) is 0 Å². The molecule has 5 nitrogen and oxygen atoms in total. The molecule has 0 amide bonds. The van der Waals surface area contributed by atoms with Gasteiger partial charge in [-0.05, 0) is 12.3 Å². The van der Waals surface area contributed by atoms with Crippen LogP contribution in [0.2, 0.25) is 5.15 Å². The average Bonchev–Trinajstić information content (AvgIpc) is 3.10. The van der Waals surface area contributed by atoms with Gasteiger partial charge >= 0.3 is 0 Å². The fraction of sp³-hybridized carbons (Fsp3) is 0.294. The molecule has 0 aliphatic carbocycles. The normalized spacial score (nSPS) is 12.4. The molecular weight excluding hydrogens is 367 g/mol. The number of hydrogen-bond donors (Lipinski definition) is 0. The van der Waals surface area contributed by atoms with Crippen molar-refractivity contribution >= 4 is 11.6 Å². The van der Waals surface area contributed by atoms with Crippen molar-refractivity contribution in [1.29, 1.82) is 0 Å². The third-order valence-electron chi connectivity index (χ3n) is 4.05. The van der Waals surface area contributed by atoms with Crippen LogP contribution in [-0.2, 0) is 6.42 Å². The molecule has 9 heteroatoms. The van der Waals surface area contributed by atoms with Gasteiger partial charge in [0.25, 0.3) is 5.95 Å². The van der Waals surface area contributed by atoms with Gasteiger partial charge in [-0.25, -0.2) is 23.1 Å². The minimum Gasteiger partial charge on any atom is -0.223 e. The molecule has 1 aromatic carbocycles. The highest BCUT2D eigenvalue weighted by molar-refractivity contribution is 6.32. The number of aromatic nitrogens is 5. The van der Waals surface area contributed by atoms with Gasteiger partial charge in [-0.1, -0.05) is 31.9 Å². The van der Waals surface area contributed by atoms with Crippen LogP contribution < -0.4 is 0 Å². The summed E-state index contributed by atoms with van der Waals surface area (Å²) in [6.07, 6.45) is 3.93. The Morgan fingerprint density at radius 1 is 1.12 bits per heavy atom. The predicted molar refractivity (Wildman–Crippen MR) is 90.4 cm³/mol. The maximum absolute atomic E-state index is 14.3. The summed E-state index contributed by atoms with van der Waals surface area (Å²) in [5.74, 6) is -2.82. The minimum absolute atomic E-state index is 0.0193. The first-order valence-electron chi connectivity index (χ1n) is 7.97. The Morgan fingerprint density at radius 2 is 1.81 bits per heavy atom. The highest BCUT2D eigenvalue weighted by atomic mass is 35.5. The predicted octanol–water partition coefficient (Wildman–Crippen LogP) is 4.38. The second-order valence-electron chi connectivity index (χ2n) is 5.94. The van der Waals surface area contributed by atoms with E-state index in [1.165, 1.54) is 17.3 Å². The zero-order valence-electron chi connectivity index (χ0n) is 14.0. The quantitative estimate of drug-likeness (QED) is 0.615. The van der Waals surface area contributed by atoms with Crippen molar-refractivity contribution in [3.8, 4) is 17.1 Å². The van der Waals surface area contributed by atoms with Gasteiger partial charge in [0.15, 0.2) is 0 Å². The lowest BCUT2D eigenvalue weighted by atomic mass is 9.96. The van der Waals surface area contributed by atoms with E-state index >= 15 is 0 Å². The second-order valence-corrected chi connectivity index (χ2v) is 6.30. The molecule has 3 aromatic rings. The van der Waals surface area contributed by atoms with Gasteiger partial charge in [-0.3, -0.25) is 0 Å². The summed E-state index contributed by atoms with van der Waals surface area (Å²) in [4.78, 5) is 12.3. The largest absolute Gasteiger partial charge is 0.253 e. The maximum atomic E-state index is 14.3. The molecule has 0 saturated carbocycles. The molecule has 0 spiro atoms. The Kier molecular flexibility index (Phi) is 5.22. The molecule has 2 heterocycles. The van der Waals surface area contributed by atoms with Crippen molar-refractivity contribution in [3.05, 3.63) is 53.1 Å². The molecule has 26 heavy (non-hydrogen) atoms. The molecule has 0 aliphatic heterocycles. The zero-order chi connectivity index (χ0) is 18.8. The molecule has 0 aliphatic rings. The van der Waals surface area contributed by atoms with Crippen LogP contribution in [0.5, 0.6) is 0 Å². The first-order valence-corrected chi connectivity index (χ1v) is 8.34. The Hall–Kier alpha value is -2.48. The van der Waals surface area contributed by atoms with Crippen molar-refractivity contribution in [2.75, 3.05) is 0 Å². The van der Waals surface area contributed by atoms with Gasteiger partial charge in [0.05, 0.1) is 11.3 Å². The third-order valence-corrected chi connectivity index (χ3v) is 4.32. The molecule has 0 fully saturated rings. The van der Waals surface area contributed by atoms with Gasteiger partial charge in [0, 0.05) is 17.7 Å². The van der Waals surface area contributed by atoms with Crippen LogP contribution in [0.15, 0.2) is 24.8 Å². The Bertz CT molecular complexity index is 907. The van der Waals surface area contributed by atoms with E-state index in [0.717, 1.165) is 6.42 Å². The lowest BCUT2D eigenvalue weighted by Gasteiger charge is -2.16. The first-order chi connectivity index (χ1) is 12.4. The van der Waals surface area contributed by atoms with E-state index in [4.69, 9.17) is 11.6 Å². The fourth-order valence-corrected chi connectivity index (χ4v) is 2.81. The number of benzene rings is 1. The van der Waals surface area contributed by atoms with E-state index in [9.17, 15) is 13.2 Å². The standard InChI is InChI=1S/C17H15ClF3N5/c1-3-9(2)4-13-15(14-11(20)5-10(19)6-12(14)21)16(18)25-17(24-13)26-8-22-7-23-26/h5-9H,3-4H2,1-2H3. The van der Waals surface area contributed by atoms with Gasteiger partial charge < -0.3 is 0 Å². The Labute approximate surface area is 152 Å². The fourth-order valence-electron chi connectivity index (χ4n) is 2.53. The molecule has 1 atom stereocenters. The Balaban J connectivity index is 2.24. The van der Waals surface area contributed by atoms with Crippen LogP contribution in [0.3, 0.4) is 0 Å².